The number of rotatable bonds is 5. The van der Waals surface area contributed by atoms with Gasteiger partial charge in [-0.05, 0) is 38.6 Å². The number of fused-ring (bicyclic) bond motifs is 1. The molecular weight excluding hydrogens is 388 g/mol. The molecule has 1 saturated heterocycles. The quantitative estimate of drug-likeness (QED) is 0.628. The van der Waals surface area contributed by atoms with Crippen molar-refractivity contribution in [1.29, 1.82) is 0 Å². The van der Waals surface area contributed by atoms with Crippen LogP contribution in [-0.4, -0.2) is 72.4 Å². The predicted octanol–water partition coefficient (Wildman–Crippen LogP) is 1.80. The molecule has 4 rings (SSSR count). The van der Waals surface area contributed by atoms with Gasteiger partial charge in [-0.25, -0.2) is 9.50 Å². The Balaban J connectivity index is 1.40. The first-order valence-electron chi connectivity index (χ1n) is 9.95. The summed E-state index contributed by atoms with van der Waals surface area (Å²) in [7, 11) is 0. The molecule has 9 nitrogen and oxygen atoms in total. The van der Waals surface area contributed by atoms with Crippen LogP contribution in [0, 0.1) is 13.8 Å². The SMILES string of the molecule is CCCNC(=S)N1CCN(Cc2noc(-c3cnn4c(C)cc(C)nc34)n2)CC1. The molecule has 154 valence electrons. The number of aryl methyl sites for hydroxylation is 2. The van der Waals surface area contributed by atoms with Gasteiger partial charge in [-0.3, -0.25) is 4.90 Å². The van der Waals surface area contributed by atoms with Gasteiger partial charge in [0.25, 0.3) is 5.89 Å². The molecule has 1 N–H and O–H groups in total. The Kier molecular flexibility index (Phi) is 5.72. The largest absolute Gasteiger partial charge is 0.363 e. The highest BCUT2D eigenvalue weighted by Gasteiger charge is 2.22. The minimum absolute atomic E-state index is 0.455. The minimum Gasteiger partial charge on any atom is -0.363 e. The van der Waals surface area contributed by atoms with Crippen LogP contribution in [0.1, 0.15) is 30.6 Å². The van der Waals surface area contributed by atoms with E-state index in [2.05, 4.69) is 42.3 Å². The maximum absolute atomic E-state index is 5.52. The van der Waals surface area contributed by atoms with Crippen molar-refractivity contribution in [2.24, 2.45) is 0 Å². The van der Waals surface area contributed by atoms with E-state index >= 15 is 0 Å². The van der Waals surface area contributed by atoms with Crippen molar-refractivity contribution in [3.05, 3.63) is 29.5 Å². The van der Waals surface area contributed by atoms with Crippen LogP contribution in [0.3, 0.4) is 0 Å². The Hall–Kier alpha value is -2.59. The van der Waals surface area contributed by atoms with Gasteiger partial charge < -0.3 is 14.7 Å². The third kappa shape index (κ3) is 4.23. The molecule has 1 fully saturated rings. The first-order valence-corrected chi connectivity index (χ1v) is 10.4. The van der Waals surface area contributed by atoms with Crippen LogP contribution in [0.15, 0.2) is 16.8 Å². The number of hydrogen-bond donors (Lipinski definition) is 1. The van der Waals surface area contributed by atoms with Crippen molar-refractivity contribution in [2.75, 3.05) is 32.7 Å². The number of aromatic nitrogens is 5. The van der Waals surface area contributed by atoms with Gasteiger partial charge in [-0.2, -0.15) is 10.1 Å². The molecule has 3 aromatic rings. The molecule has 0 aliphatic carbocycles. The summed E-state index contributed by atoms with van der Waals surface area (Å²) in [6.07, 6.45) is 2.80. The third-order valence-electron chi connectivity index (χ3n) is 5.03. The second-order valence-electron chi connectivity index (χ2n) is 7.34. The lowest BCUT2D eigenvalue weighted by Crippen LogP contribution is -2.51. The zero-order chi connectivity index (χ0) is 20.4. The number of piperazine rings is 1. The Morgan fingerprint density at radius 3 is 2.76 bits per heavy atom. The van der Waals surface area contributed by atoms with Crippen molar-refractivity contribution in [2.45, 2.75) is 33.7 Å². The Labute approximate surface area is 175 Å². The molecule has 3 aromatic heterocycles. The van der Waals surface area contributed by atoms with Crippen LogP contribution in [0.4, 0.5) is 0 Å². The monoisotopic (exact) mass is 414 g/mol. The van der Waals surface area contributed by atoms with Gasteiger partial charge >= 0.3 is 0 Å². The summed E-state index contributed by atoms with van der Waals surface area (Å²) in [4.78, 5) is 13.7. The smallest absolute Gasteiger partial charge is 0.263 e. The van der Waals surface area contributed by atoms with Crippen LogP contribution in [0.25, 0.3) is 17.1 Å². The zero-order valence-electron chi connectivity index (χ0n) is 17.1. The normalized spacial score (nSPS) is 15.2. The second kappa shape index (κ2) is 8.42. The Morgan fingerprint density at radius 2 is 2.00 bits per heavy atom. The Morgan fingerprint density at radius 1 is 1.21 bits per heavy atom. The zero-order valence-corrected chi connectivity index (χ0v) is 17.9. The van der Waals surface area contributed by atoms with Crippen molar-refractivity contribution in [3.8, 4) is 11.5 Å². The third-order valence-corrected chi connectivity index (χ3v) is 5.43. The molecule has 0 aromatic carbocycles. The van der Waals surface area contributed by atoms with Crippen LogP contribution < -0.4 is 5.32 Å². The van der Waals surface area contributed by atoms with Crippen molar-refractivity contribution < 1.29 is 4.52 Å². The summed E-state index contributed by atoms with van der Waals surface area (Å²) in [6.45, 7) is 11.3. The van der Waals surface area contributed by atoms with Gasteiger partial charge in [0.05, 0.1) is 12.7 Å². The number of nitrogens with zero attached hydrogens (tertiary/aromatic N) is 7. The van der Waals surface area contributed by atoms with Gasteiger partial charge in [0, 0.05) is 44.1 Å². The highest BCUT2D eigenvalue weighted by molar-refractivity contribution is 7.80. The summed E-state index contributed by atoms with van der Waals surface area (Å²) >= 11 is 5.46. The van der Waals surface area contributed by atoms with Crippen LogP contribution in [0.5, 0.6) is 0 Å². The van der Waals surface area contributed by atoms with E-state index in [1.165, 1.54) is 0 Å². The summed E-state index contributed by atoms with van der Waals surface area (Å²) in [5.41, 5.74) is 3.44. The fraction of sp³-hybridized carbons (Fsp3) is 0.526. The van der Waals surface area contributed by atoms with Crippen LogP contribution in [-0.2, 0) is 6.54 Å². The first-order chi connectivity index (χ1) is 14.0. The molecule has 0 radical (unpaired) electrons. The molecule has 0 bridgehead atoms. The summed E-state index contributed by atoms with van der Waals surface area (Å²) in [5.74, 6) is 1.12. The second-order valence-corrected chi connectivity index (χ2v) is 7.73. The van der Waals surface area contributed by atoms with E-state index in [0.717, 1.165) is 66.9 Å². The average molecular weight is 415 g/mol. The van der Waals surface area contributed by atoms with Gasteiger partial charge in [-0.15, -0.1) is 0 Å². The Bertz CT molecular complexity index is 1000. The van der Waals surface area contributed by atoms with Crippen LogP contribution in [0.2, 0.25) is 0 Å². The lowest BCUT2D eigenvalue weighted by atomic mass is 10.3. The lowest BCUT2D eigenvalue weighted by Gasteiger charge is -2.35. The fourth-order valence-electron chi connectivity index (χ4n) is 3.50. The van der Waals surface area contributed by atoms with E-state index in [9.17, 15) is 0 Å². The molecular formula is C19H26N8OS. The minimum atomic E-state index is 0.455. The maximum atomic E-state index is 5.52. The summed E-state index contributed by atoms with van der Waals surface area (Å²) in [5, 5.41) is 12.7. The number of hydrogen-bond acceptors (Lipinski definition) is 7. The molecule has 1 aliphatic rings. The molecule has 0 spiro atoms. The standard InChI is InChI=1S/C19H26N8OS/c1-4-5-20-19(29)26-8-6-25(7-9-26)12-16-23-18(28-24-16)15-11-21-27-14(3)10-13(2)22-17(15)27/h10-11H,4-9,12H2,1-3H3,(H,20,29). The molecule has 0 saturated carbocycles. The lowest BCUT2D eigenvalue weighted by molar-refractivity contribution is 0.169. The number of thiocarbonyl (C=S) groups is 1. The number of nitrogens with one attached hydrogen (secondary N) is 1. The first kappa shape index (κ1) is 19.7. The van der Waals surface area contributed by atoms with Crippen molar-refractivity contribution in [1.82, 2.24) is 39.9 Å². The summed E-state index contributed by atoms with van der Waals surface area (Å²) < 4.78 is 7.31. The summed E-state index contributed by atoms with van der Waals surface area (Å²) in [6, 6.07) is 1.99. The molecule has 1 aliphatic heterocycles. The van der Waals surface area contributed by atoms with Crippen molar-refractivity contribution >= 4 is 23.0 Å². The maximum Gasteiger partial charge on any atom is 0.263 e. The van der Waals surface area contributed by atoms with Gasteiger partial charge in [-0.1, -0.05) is 12.1 Å². The van der Waals surface area contributed by atoms with Crippen molar-refractivity contribution in [3.63, 3.8) is 0 Å². The van der Waals surface area contributed by atoms with E-state index in [1.807, 2.05) is 19.9 Å². The average Bonchev–Trinajstić information content (AvgIpc) is 3.33. The van der Waals surface area contributed by atoms with Gasteiger partial charge in [0.15, 0.2) is 16.6 Å². The van der Waals surface area contributed by atoms with E-state index < -0.39 is 0 Å². The predicted molar refractivity (Wildman–Crippen MR) is 113 cm³/mol. The molecule has 0 atom stereocenters. The topological polar surface area (TPSA) is 87.6 Å². The fourth-order valence-corrected chi connectivity index (χ4v) is 3.79. The molecule has 0 unspecified atom stereocenters. The van der Waals surface area contributed by atoms with Crippen LogP contribution >= 0.6 is 12.2 Å². The molecule has 4 heterocycles. The highest BCUT2D eigenvalue weighted by Crippen LogP contribution is 2.23. The van der Waals surface area contributed by atoms with Gasteiger partial charge in [0.1, 0.15) is 5.56 Å². The van der Waals surface area contributed by atoms with E-state index in [0.29, 0.717) is 18.3 Å². The van der Waals surface area contributed by atoms with E-state index in [4.69, 9.17) is 16.7 Å². The van der Waals surface area contributed by atoms with E-state index in [-0.39, 0.29) is 0 Å². The molecule has 29 heavy (non-hydrogen) atoms. The molecule has 0 amide bonds. The molecule has 10 heteroatoms. The van der Waals surface area contributed by atoms with Gasteiger partial charge in [0.2, 0.25) is 0 Å². The highest BCUT2D eigenvalue weighted by atomic mass is 32.1. The van der Waals surface area contributed by atoms with E-state index in [1.54, 1.807) is 10.7 Å².